The first kappa shape index (κ1) is 18.2. The van der Waals surface area contributed by atoms with E-state index in [4.69, 9.17) is 11.6 Å². The van der Waals surface area contributed by atoms with Crippen LogP contribution in [0, 0.1) is 0 Å². The zero-order chi connectivity index (χ0) is 17.0. The van der Waals surface area contributed by atoms with Crippen molar-refractivity contribution in [2.24, 2.45) is 0 Å². The molecule has 0 aliphatic carbocycles. The Morgan fingerprint density at radius 2 is 1.91 bits per heavy atom. The largest absolute Gasteiger partial charge is 0.353 e. The molecule has 0 radical (unpaired) electrons. The summed E-state index contributed by atoms with van der Waals surface area (Å²) in [5.41, 5.74) is 0.507. The molecular formula is C16H21BrClN3O2. The number of nitrogens with one attached hydrogen (secondary N) is 1. The summed E-state index contributed by atoms with van der Waals surface area (Å²) >= 11 is 9.49. The van der Waals surface area contributed by atoms with E-state index in [2.05, 4.69) is 26.1 Å². The molecule has 7 heteroatoms. The van der Waals surface area contributed by atoms with Crippen LogP contribution in [-0.4, -0.2) is 60.4 Å². The fourth-order valence-corrected chi connectivity index (χ4v) is 3.07. The number of hydrogen-bond donors (Lipinski definition) is 1. The molecule has 0 aromatic heterocycles. The average Bonchev–Trinajstić information content (AvgIpc) is 2.49. The standard InChI is InChI=1S/C16H21BrClN3O2/c1-11(2)19-15(22)10-20-5-7-21(8-6-20)16(23)13-9-12(17)3-4-14(13)18/h3-4,9,11H,5-8,10H2,1-2H3,(H,19,22). The van der Waals surface area contributed by atoms with Crippen LogP contribution in [0.15, 0.2) is 22.7 Å². The van der Waals surface area contributed by atoms with E-state index in [1.807, 2.05) is 19.9 Å². The second kappa shape index (κ2) is 8.13. The summed E-state index contributed by atoms with van der Waals surface area (Å²) in [6.45, 7) is 6.81. The summed E-state index contributed by atoms with van der Waals surface area (Å²) in [5.74, 6) is -0.0441. The van der Waals surface area contributed by atoms with Gasteiger partial charge in [-0.2, -0.15) is 0 Å². The second-order valence-corrected chi connectivity index (χ2v) is 7.24. The third-order valence-corrected chi connectivity index (χ3v) is 4.46. The van der Waals surface area contributed by atoms with E-state index < -0.39 is 0 Å². The average molecular weight is 403 g/mol. The number of nitrogens with zero attached hydrogens (tertiary/aromatic N) is 2. The number of piperazine rings is 1. The minimum atomic E-state index is -0.0671. The Labute approximate surface area is 150 Å². The lowest BCUT2D eigenvalue weighted by molar-refractivity contribution is -0.123. The normalized spacial score (nSPS) is 15.8. The minimum absolute atomic E-state index is 0.0230. The molecule has 0 bridgehead atoms. The zero-order valence-electron chi connectivity index (χ0n) is 13.3. The maximum Gasteiger partial charge on any atom is 0.255 e. The van der Waals surface area contributed by atoms with Gasteiger partial charge in [0.05, 0.1) is 17.1 Å². The number of halogens is 2. The van der Waals surface area contributed by atoms with Gasteiger partial charge in [-0.3, -0.25) is 14.5 Å². The Morgan fingerprint density at radius 3 is 2.52 bits per heavy atom. The third-order valence-electron chi connectivity index (χ3n) is 3.64. The van der Waals surface area contributed by atoms with Crippen molar-refractivity contribution in [2.45, 2.75) is 19.9 Å². The lowest BCUT2D eigenvalue weighted by Crippen LogP contribution is -2.51. The van der Waals surface area contributed by atoms with E-state index in [0.717, 1.165) is 4.47 Å². The Morgan fingerprint density at radius 1 is 1.26 bits per heavy atom. The van der Waals surface area contributed by atoms with Crippen LogP contribution >= 0.6 is 27.5 Å². The molecular weight excluding hydrogens is 382 g/mol. The summed E-state index contributed by atoms with van der Waals surface area (Å²) in [7, 11) is 0. The number of carbonyl (C=O) groups excluding carboxylic acids is 2. The maximum atomic E-state index is 12.6. The minimum Gasteiger partial charge on any atom is -0.353 e. The van der Waals surface area contributed by atoms with Crippen LogP contribution in [0.4, 0.5) is 0 Å². The number of hydrogen-bond acceptors (Lipinski definition) is 3. The van der Waals surface area contributed by atoms with E-state index in [1.54, 1.807) is 17.0 Å². The van der Waals surface area contributed by atoms with Crippen LogP contribution < -0.4 is 5.32 Å². The first-order valence-corrected chi connectivity index (χ1v) is 8.80. The Kier molecular flexibility index (Phi) is 6.44. The highest BCUT2D eigenvalue weighted by atomic mass is 79.9. The molecule has 1 N–H and O–H groups in total. The second-order valence-electron chi connectivity index (χ2n) is 5.91. The molecule has 0 unspecified atom stereocenters. The molecule has 5 nitrogen and oxygen atoms in total. The molecule has 2 amide bonds. The van der Waals surface area contributed by atoms with Crippen molar-refractivity contribution in [3.05, 3.63) is 33.3 Å². The molecule has 2 rings (SSSR count). The van der Waals surface area contributed by atoms with E-state index in [-0.39, 0.29) is 17.9 Å². The molecule has 1 aliphatic heterocycles. The Bertz CT molecular complexity index is 587. The highest BCUT2D eigenvalue weighted by Gasteiger charge is 2.24. The molecule has 1 aromatic rings. The van der Waals surface area contributed by atoms with Gasteiger partial charge >= 0.3 is 0 Å². The van der Waals surface area contributed by atoms with Crippen LogP contribution in [-0.2, 0) is 4.79 Å². The molecule has 0 saturated carbocycles. The number of rotatable bonds is 4. The molecule has 0 atom stereocenters. The SMILES string of the molecule is CC(C)NC(=O)CN1CCN(C(=O)c2cc(Br)ccc2Cl)CC1. The molecule has 1 aliphatic rings. The van der Waals surface area contributed by atoms with Gasteiger partial charge in [0, 0.05) is 36.7 Å². The van der Waals surface area contributed by atoms with Gasteiger partial charge in [0.2, 0.25) is 5.91 Å². The molecule has 1 saturated heterocycles. The molecule has 126 valence electrons. The van der Waals surface area contributed by atoms with Crippen molar-refractivity contribution in [2.75, 3.05) is 32.7 Å². The first-order valence-electron chi connectivity index (χ1n) is 7.63. The van der Waals surface area contributed by atoms with Crippen molar-refractivity contribution < 1.29 is 9.59 Å². The maximum absolute atomic E-state index is 12.6. The van der Waals surface area contributed by atoms with Crippen LogP contribution in [0.3, 0.4) is 0 Å². The van der Waals surface area contributed by atoms with E-state index >= 15 is 0 Å². The Hall–Kier alpha value is -1.11. The van der Waals surface area contributed by atoms with Crippen LogP contribution in [0.2, 0.25) is 5.02 Å². The van der Waals surface area contributed by atoms with Crippen LogP contribution in [0.25, 0.3) is 0 Å². The number of carbonyl (C=O) groups is 2. The molecule has 0 spiro atoms. The van der Waals surface area contributed by atoms with Gasteiger partial charge < -0.3 is 10.2 Å². The van der Waals surface area contributed by atoms with Crippen LogP contribution in [0.1, 0.15) is 24.2 Å². The number of amides is 2. The summed E-state index contributed by atoms with van der Waals surface area (Å²) in [4.78, 5) is 28.2. The lowest BCUT2D eigenvalue weighted by atomic mass is 10.2. The smallest absolute Gasteiger partial charge is 0.255 e. The van der Waals surface area contributed by atoms with E-state index in [1.165, 1.54) is 0 Å². The summed E-state index contributed by atoms with van der Waals surface area (Å²) in [6.07, 6.45) is 0. The third kappa shape index (κ3) is 5.19. The fourth-order valence-electron chi connectivity index (χ4n) is 2.51. The highest BCUT2D eigenvalue weighted by molar-refractivity contribution is 9.10. The van der Waals surface area contributed by atoms with E-state index in [9.17, 15) is 9.59 Å². The number of benzene rings is 1. The first-order chi connectivity index (χ1) is 10.9. The fraction of sp³-hybridized carbons (Fsp3) is 0.500. The van der Waals surface area contributed by atoms with Crippen molar-refractivity contribution in [3.63, 3.8) is 0 Å². The monoisotopic (exact) mass is 401 g/mol. The quantitative estimate of drug-likeness (QED) is 0.841. The van der Waals surface area contributed by atoms with Crippen molar-refractivity contribution in [1.29, 1.82) is 0 Å². The topological polar surface area (TPSA) is 52.7 Å². The van der Waals surface area contributed by atoms with Gasteiger partial charge in [-0.05, 0) is 32.0 Å². The Balaban J connectivity index is 1.90. The molecule has 23 heavy (non-hydrogen) atoms. The van der Waals surface area contributed by atoms with Crippen molar-refractivity contribution in [1.82, 2.24) is 15.1 Å². The predicted octanol–water partition coefficient (Wildman–Crippen LogP) is 2.38. The van der Waals surface area contributed by atoms with Crippen molar-refractivity contribution in [3.8, 4) is 0 Å². The van der Waals surface area contributed by atoms with Crippen molar-refractivity contribution >= 4 is 39.3 Å². The molecule has 1 heterocycles. The molecule has 1 aromatic carbocycles. The van der Waals surface area contributed by atoms with Crippen LogP contribution in [0.5, 0.6) is 0 Å². The van der Waals surface area contributed by atoms with Gasteiger partial charge in [0.1, 0.15) is 0 Å². The molecule has 1 fully saturated rings. The van der Waals surface area contributed by atoms with E-state index in [0.29, 0.717) is 43.3 Å². The van der Waals surface area contributed by atoms with Gasteiger partial charge in [-0.15, -0.1) is 0 Å². The predicted molar refractivity (Wildman–Crippen MR) is 94.8 cm³/mol. The van der Waals surface area contributed by atoms with Gasteiger partial charge in [0.15, 0.2) is 0 Å². The summed E-state index contributed by atoms with van der Waals surface area (Å²) < 4.78 is 0.828. The van der Waals surface area contributed by atoms with Gasteiger partial charge in [0.25, 0.3) is 5.91 Å². The van der Waals surface area contributed by atoms with Gasteiger partial charge in [-0.25, -0.2) is 0 Å². The van der Waals surface area contributed by atoms with Gasteiger partial charge in [-0.1, -0.05) is 27.5 Å². The summed E-state index contributed by atoms with van der Waals surface area (Å²) in [5, 5.41) is 3.34. The highest BCUT2D eigenvalue weighted by Crippen LogP contribution is 2.23. The zero-order valence-corrected chi connectivity index (χ0v) is 15.7. The lowest BCUT2D eigenvalue weighted by Gasteiger charge is -2.34. The summed E-state index contributed by atoms with van der Waals surface area (Å²) in [6, 6.07) is 5.41.